The molecule has 112 valence electrons. The second-order valence-corrected chi connectivity index (χ2v) is 6.80. The molecule has 5 nitrogen and oxygen atoms in total. The van der Waals surface area contributed by atoms with Crippen LogP contribution in [0.1, 0.15) is 53.9 Å². The van der Waals surface area contributed by atoms with E-state index < -0.39 is 11.7 Å². The molecule has 19 heavy (non-hydrogen) atoms. The van der Waals surface area contributed by atoms with Crippen LogP contribution in [0.25, 0.3) is 0 Å². The molecule has 0 aliphatic carbocycles. The van der Waals surface area contributed by atoms with Gasteiger partial charge in [-0.3, -0.25) is 0 Å². The first-order valence-electron chi connectivity index (χ1n) is 6.89. The minimum absolute atomic E-state index is 0.0853. The molecule has 2 atom stereocenters. The lowest BCUT2D eigenvalue weighted by Crippen LogP contribution is -2.42. The summed E-state index contributed by atoms with van der Waals surface area (Å²) in [4.78, 5) is 11.6. The van der Waals surface area contributed by atoms with E-state index in [0.29, 0.717) is 6.42 Å². The SMILES string of the molecule is CC(C)(C)OC(=O)N[C@@H](CO)C[C@H]1CCC(C)(C)O1. The molecular weight excluding hydrogens is 246 g/mol. The van der Waals surface area contributed by atoms with Gasteiger partial charge in [0.25, 0.3) is 0 Å². The molecular formula is C14H27NO4. The van der Waals surface area contributed by atoms with E-state index >= 15 is 0 Å². The van der Waals surface area contributed by atoms with Crippen LogP contribution >= 0.6 is 0 Å². The Morgan fingerprint density at radius 2 is 2.16 bits per heavy atom. The maximum Gasteiger partial charge on any atom is 0.407 e. The molecule has 1 heterocycles. The topological polar surface area (TPSA) is 67.8 Å². The molecule has 1 fully saturated rings. The lowest BCUT2D eigenvalue weighted by atomic mass is 10.0. The third kappa shape index (κ3) is 6.25. The molecule has 1 aliphatic rings. The van der Waals surface area contributed by atoms with Gasteiger partial charge in [0.15, 0.2) is 0 Å². The Morgan fingerprint density at radius 3 is 2.58 bits per heavy atom. The maximum atomic E-state index is 11.6. The summed E-state index contributed by atoms with van der Waals surface area (Å²) in [5.74, 6) is 0. The van der Waals surface area contributed by atoms with Crippen molar-refractivity contribution in [2.45, 2.75) is 77.2 Å². The number of carbonyl (C=O) groups excluding carboxylic acids is 1. The van der Waals surface area contributed by atoms with E-state index in [4.69, 9.17) is 9.47 Å². The Balaban J connectivity index is 2.40. The monoisotopic (exact) mass is 273 g/mol. The molecule has 1 amide bonds. The van der Waals surface area contributed by atoms with E-state index in [1.54, 1.807) is 0 Å². The van der Waals surface area contributed by atoms with Crippen molar-refractivity contribution >= 4 is 6.09 Å². The number of alkyl carbamates (subject to hydrolysis) is 1. The highest BCUT2D eigenvalue weighted by atomic mass is 16.6. The van der Waals surface area contributed by atoms with Crippen molar-refractivity contribution in [3.8, 4) is 0 Å². The Hall–Kier alpha value is -0.810. The summed E-state index contributed by atoms with van der Waals surface area (Å²) in [6, 6.07) is -0.325. The van der Waals surface area contributed by atoms with Gasteiger partial charge < -0.3 is 19.9 Å². The van der Waals surface area contributed by atoms with Gasteiger partial charge in [-0.05, 0) is 53.9 Å². The van der Waals surface area contributed by atoms with Gasteiger partial charge in [-0.25, -0.2) is 4.79 Å². The number of rotatable bonds is 4. The third-order valence-electron chi connectivity index (χ3n) is 3.04. The smallest absolute Gasteiger partial charge is 0.407 e. The van der Waals surface area contributed by atoms with E-state index in [-0.39, 0.29) is 24.4 Å². The van der Waals surface area contributed by atoms with E-state index in [1.807, 2.05) is 20.8 Å². The fourth-order valence-corrected chi connectivity index (χ4v) is 2.21. The summed E-state index contributed by atoms with van der Waals surface area (Å²) in [6.07, 6.45) is 2.16. The molecule has 1 rings (SSSR count). The molecule has 0 radical (unpaired) electrons. The van der Waals surface area contributed by atoms with Crippen LogP contribution in [0.5, 0.6) is 0 Å². The number of amides is 1. The van der Waals surface area contributed by atoms with Crippen LogP contribution in [-0.2, 0) is 9.47 Å². The Bertz CT molecular complexity index is 309. The van der Waals surface area contributed by atoms with Crippen molar-refractivity contribution < 1.29 is 19.4 Å². The molecule has 0 spiro atoms. The van der Waals surface area contributed by atoms with Crippen molar-refractivity contribution in [2.75, 3.05) is 6.61 Å². The summed E-state index contributed by atoms with van der Waals surface area (Å²) in [7, 11) is 0. The van der Waals surface area contributed by atoms with Gasteiger partial charge in [0.2, 0.25) is 0 Å². The predicted octanol–water partition coefficient (Wildman–Crippen LogP) is 2.22. The van der Waals surface area contributed by atoms with Crippen molar-refractivity contribution in [3.05, 3.63) is 0 Å². The highest BCUT2D eigenvalue weighted by molar-refractivity contribution is 5.68. The van der Waals surface area contributed by atoms with E-state index in [0.717, 1.165) is 12.8 Å². The van der Waals surface area contributed by atoms with Gasteiger partial charge in [0, 0.05) is 0 Å². The zero-order chi connectivity index (χ0) is 14.7. The average Bonchev–Trinajstić information content (AvgIpc) is 2.54. The minimum Gasteiger partial charge on any atom is -0.444 e. The van der Waals surface area contributed by atoms with Crippen molar-refractivity contribution in [1.82, 2.24) is 5.32 Å². The number of hydrogen-bond donors (Lipinski definition) is 2. The molecule has 1 saturated heterocycles. The standard InChI is InChI=1S/C14H27NO4/c1-13(2,3)19-12(17)15-10(9-16)8-11-6-7-14(4,5)18-11/h10-11,16H,6-9H2,1-5H3,(H,15,17)/t10-,11-/m1/s1. The summed E-state index contributed by atoms with van der Waals surface area (Å²) >= 11 is 0. The zero-order valence-corrected chi connectivity index (χ0v) is 12.7. The van der Waals surface area contributed by atoms with Crippen LogP contribution in [0.15, 0.2) is 0 Å². The number of nitrogens with one attached hydrogen (secondary N) is 1. The van der Waals surface area contributed by atoms with Crippen LogP contribution in [0, 0.1) is 0 Å². The van der Waals surface area contributed by atoms with Crippen LogP contribution in [0.3, 0.4) is 0 Å². The van der Waals surface area contributed by atoms with E-state index in [1.165, 1.54) is 0 Å². The van der Waals surface area contributed by atoms with E-state index in [9.17, 15) is 9.90 Å². The van der Waals surface area contributed by atoms with Gasteiger partial charge in [-0.15, -0.1) is 0 Å². The first-order chi connectivity index (χ1) is 8.61. The predicted molar refractivity (Wildman–Crippen MR) is 73.0 cm³/mol. The summed E-state index contributed by atoms with van der Waals surface area (Å²) in [5.41, 5.74) is -0.632. The van der Waals surface area contributed by atoms with Crippen molar-refractivity contribution in [2.24, 2.45) is 0 Å². The largest absolute Gasteiger partial charge is 0.444 e. The first kappa shape index (κ1) is 16.2. The molecule has 0 bridgehead atoms. The highest BCUT2D eigenvalue weighted by Crippen LogP contribution is 2.31. The number of ether oxygens (including phenoxy) is 2. The van der Waals surface area contributed by atoms with Crippen molar-refractivity contribution in [1.29, 1.82) is 0 Å². The highest BCUT2D eigenvalue weighted by Gasteiger charge is 2.33. The lowest BCUT2D eigenvalue weighted by molar-refractivity contribution is -0.0249. The van der Waals surface area contributed by atoms with Crippen LogP contribution in [0.2, 0.25) is 0 Å². The quantitative estimate of drug-likeness (QED) is 0.824. The van der Waals surface area contributed by atoms with Crippen LogP contribution in [-0.4, -0.2) is 41.2 Å². The zero-order valence-electron chi connectivity index (χ0n) is 12.7. The Morgan fingerprint density at radius 1 is 1.53 bits per heavy atom. The molecule has 0 aromatic carbocycles. The molecule has 2 N–H and O–H groups in total. The van der Waals surface area contributed by atoms with Crippen LogP contribution in [0.4, 0.5) is 4.79 Å². The number of carbonyl (C=O) groups is 1. The second-order valence-electron chi connectivity index (χ2n) is 6.80. The average molecular weight is 273 g/mol. The number of aliphatic hydroxyl groups is 1. The van der Waals surface area contributed by atoms with Crippen molar-refractivity contribution in [3.63, 3.8) is 0 Å². The van der Waals surface area contributed by atoms with Gasteiger partial charge in [-0.2, -0.15) is 0 Å². The van der Waals surface area contributed by atoms with Crippen LogP contribution < -0.4 is 5.32 Å². The minimum atomic E-state index is -0.532. The molecule has 0 saturated carbocycles. The maximum absolute atomic E-state index is 11.6. The molecule has 0 aromatic rings. The lowest BCUT2D eigenvalue weighted by Gasteiger charge is -2.25. The van der Waals surface area contributed by atoms with E-state index in [2.05, 4.69) is 19.2 Å². The summed E-state index contributed by atoms with van der Waals surface area (Å²) in [5, 5.41) is 12.0. The van der Waals surface area contributed by atoms with Gasteiger partial charge in [0.05, 0.1) is 24.4 Å². The second kappa shape index (κ2) is 6.09. The third-order valence-corrected chi connectivity index (χ3v) is 3.04. The van der Waals surface area contributed by atoms with Gasteiger partial charge >= 0.3 is 6.09 Å². The normalized spacial score (nSPS) is 24.0. The summed E-state index contributed by atoms with van der Waals surface area (Å²) in [6.45, 7) is 9.43. The van der Waals surface area contributed by atoms with Gasteiger partial charge in [0.1, 0.15) is 5.60 Å². The van der Waals surface area contributed by atoms with Gasteiger partial charge in [-0.1, -0.05) is 0 Å². The molecule has 1 aliphatic heterocycles. The molecule has 0 aromatic heterocycles. The Kier molecular flexibility index (Phi) is 5.21. The summed E-state index contributed by atoms with van der Waals surface area (Å²) < 4.78 is 11.0. The Labute approximate surface area is 115 Å². The fraction of sp³-hybridized carbons (Fsp3) is 0.929. The number of hydrogen-bond acceptors (Lipinski definition) is 4. The molecule has 0 unspecified atom stereocenters. The number of aliphatic hydroxyl groups excluding tert-OH is 1. The molecule has 5 heteroatoms. The first-order valence-corrected chi connectivity index (χ1v) is 6.89. The fourth-order valence-electron chi connectivity index (χ4n) is 2.21.